The zero-order chi connectivity index (χ0) is 13.9. The molecule has 3 rings (SSSR count). The van der Waals surface area contributed by atoms with Crippen LogP contribution in [0.25, 0.3) is 0 Å². The molecule has 1 aliphatic rings. The molecular weight excluding hydrogens is 270 g/mol. The molecule has 0 spiro atoms. The number of fused-ring (bicyclic) bond motifs is 1. The quantitative estimate of drug-likeness (QED) is 0.810. The van der Waals surface area contributed by atoms with Gasteiger partial charge in [-0.1, -0.05) is 30.3 Å². The van der Waals surface area contributed by atoms with Gasteiger partial charge < -0.3 is 4.74 Å². The molecule has 3 nitrogen and oxygen atoms in total. The Hall–Kier alpha value is -1.68. The molecule has 20 heavy (non-hydrogen) atoms. The van der Waals surface area contributed by atoms with Crippen LogP contribution in [0, 0.1) is 0 Å². The average Bonchev–Trinajstić information content (AvgIpc) is 2.91. The summed E-state index contributed by atoms with van der Waals surface area (Å²) in [5.41, 5.74) is 2.47. The number of thiazole rings is 1. The molecule has 0 fully saturated rings. The highest BCUT2D eigenvalue weighted by atomic mass is 32.1. The van der Waals surface area contributed by atoms with Crippen molar-refractivity contribution in [2.45, 2.75) is 32.1 Å². The van der Waals surface area contributed by atoms with Crippen LogP contribution in [0.1, 0.15) is 45.2 Å². The first-order valence-corrected chi connectivity index (χ1v) is 7.80. The lowest BCUT2D eigenvalue weighted by molar-refractivity contribution is 0.0525. The van der Waals surface area contributed by atoms with Crippen LogP contribution < -0.4 is 0 Å². The highest BCUT2D eigenvalue weighted by Crippen LogP contribution is 2.35. The molecule has 1 unspecified atom stereocenters. The van der Waals surface area contributed by atoms with Crippen LogP contribution in [0.5, 0.6) is 0 Å². The van der Waals surface area contributed by atoms with Gasteiger partial charge in [0, 0.05) is 4.88 Å². The third kappa shape index (κ3) is 2.61. The molecule has 0 bridgehead atoms. The SMILES string of the molecule is CCOC(=O)c1nc2c(s1)CC(c1ccccc1)CC2. The lowest BCUT2D eigenvalue weighted by Crippen LogP contribution is -2.11. The van der Waals surface area contributed by atoms with Crippen LogP contribution in [0.3, 0.4) is 0 Å². The van der Waals surface area contributed by atoms with E-state index in [0.717, 1.165) is 25.0 Å². The molecule has 104 valence electrons. The van der Waals surface area contributed by atoms with Gasteiger partial charge in [0.1, 0.15) is 0 Å². The van der Waals surface area contributed by atoms with E-state index in [1.54, 1.807) is 0 Å². The predicted molar refractivity (Wildman–Crippen MR) is 79.3 cm³/mol. The van der Waals surface area contributed by atoms with Crippen molar-refractivity contribution in [3.63, 3.8) is 0 Å². The Balaban J connectivity index is 1.80. The number of carbonyl (C=O) groups is 1. The number of aryl methyl sites for hydroxylation is 1. The number of ether oxygens (including phenoxy) is 1. The standard InChI is InChI=1S/C16H17NO2S/c1-2-19-16(18)15-17-13-9-8-12(10-14(13)20-15)11-6-4-3-5-7-11/h3-7,12H,2,8-10H2,1H3. The Morgan fingerprint density at radius 3 is 2.95 bits per heavy atom. The number of carbonyl (C=O) groups excluding carboxylic acids is 1. The van der Waals surface area contributed by atoms with E-state index in [2.05, 4.69) is 29.2 Å². The van der Waals surface area contributed by atoms with Crippen molar-refractivity contribution in [2.24, 2.45) is 0 Å². The molecule has 0 aliphatic heterocycles. The summed E-state index contributed by atoms with van der Waals surface area (Å²) in [6.45, 7) is 2.21. The Morgan fingerprint density at radius 1 is 1.40 bits per heavy atom. The maximum Gasteiger partial charge on any atom is 0.367 e. The fourth-order valence-electron chi connectivity index (χ4n) is 2.66. The second-order valence-electron chi connectivity index (χ2n) is 4.96. The second kappa shape index (κ2) is 5.75. The number of hydrogen-bond acceptors (Lipinski definition) is 4. The fourth-order valence-corrected chi connectivity index (χ4v) is 3.75. The summed E-state index contributed by atoms with van der Waals surface area (Å²) in [5, 5.41) is 0.505. The van der Waals surface area contributed by atoms with Gasteiger partial charge in [0.2, 0.25) is 5.01 Å². The van der Waals surface area contributed by atoms with Gasteiger partial charge in [-0.3, -0.25) is 0 Å². The molecule has 0 saturated heterocycles. The molecule has 1 heterocycles. The third-order valence-electron chi connectivity index (χ3n) is 3.66. The molecule has 2 aromatic rings. The van der Waals surface area contributed by atoms with Crippen molar-refractivity contribution < 1.29 is 9.53 Å². The predicted octanol–water partition coefficient (Wildman–Crippen LogP) is 3.59. The van der Waals surface area contributed by atoms with Gasteiger partial charge in [0.25, 0.3) is 0 Å². The Kier molecular flexibility index (Phi) is 3.83. The molecule has 1 atom stereocenters. The van der Waals surface area contributed by atoms with E-state index >= 15 is 0 Å². The molecule has 0 saturated carbocycles. The van der Waals surface area contributed by atoms with Crippen molar-refractivity contribution >= 4 is 17.3 Å². The summed E-state index contributed by atoms with van der Waals surface area (Å²) in [4.78, 5) is 17.4. The highest BCUT2D eigenvalue weighted by Gasteiger charge is 2.25. The Labute approximate surface area is 122 Å². The summed E-state index contributed by atoms with van der Waals surface area (Å²) >= 11 is 1.50. The lowest BCUT2D eigenvalue weighted by Gasteiger charge is -2.21. The van der Waals surface area contributed by atoms with Gasteiger partial charge in [0.15, 0.2) is 0 Å². The highest BCUT2D eigenvalue weighted by molar-refractivity contribution is 7.13. The zero-order valence-corrected chi connectivity index (χ0v) is 12.3. The minimum atomic E-state index is -0.289. The Bertz CT molecular complexity index is 606. The van der Waals surface area contributed by atoms with Gasteiger partial charge in [-0.2, -0.15) is 0 Å². The molecular formula is C16H17NO2S. The first-order valence-electron chi connectivity index (χ1n) is 6.98. The Morgan fingerprint density at radius 2 is 2.20 bits per heavy atom. The van der Waals surface area contributed by atoms with E-state index in [-0.39, 0.29) is 5.97 Å². The molecule has 4 heteroatoms. The molecule has 0 amide bonds. The summed E-state index contributed by atoms with van der Waals surface area (Å²) in [6, 6.07) is 10.6. The topological polar surface area (TPSA) is 39.2 Å². The summed E-state index contributed by atoms with van der Waals surface area (Å²) < 4.78 is 5.03. The van der Waals surface area contributed by atoms with Gasteiger partial charge in [-0.25, -0.2) is 9.78 Å². The largest absolute Gasteiger partial charge is 0.461 e. The van der Waals surface area contributed by atoms with Gasteiger partial charge in [-0.05, 0) is 37.7 Å². The number of aromatic nitrogens is 1. The van der Waals surface area contributed by atoms with E-state index in [1.807, 2.05) is 13.0 Å². The molecule has 1 aromatic heterocycles. The van der Waals surface area contributed by atoms with Crippen molar-refractivity contribution in [1.82, 2.24) is 4.98 Å². The molecule has 1 aliphatic carbocycles. The van der Waals surface area contributed by atoms with E-state index < -0.39 is 0 Å². The monoisotopic (exact) mass is 287 g/mol. The summed E-state index contributed by atoms with van der Waals surface area (Å²) in [7, 11) is 0. The third-order valence-corrected chi connectivity index (χ3v) is 4.76. The van der Waals surface area contributed by atoms with Crippen molar-refractivity contribution in [1.29, 1.82) is 0 Å². The average molecular weight is 287 g/mol. The maximum absolute atomic E-state index is 11.7. The van der Waals surface area contributed by atoms with Crippen LogP contribution in [0.15, 0.2) is 30.3 Å². The number of hydrogen-bond donors (Lipinski definition) is 0. The van der Waals surface area contributed by atoms with Crippen LogP contribution in [0.2, 0.25) is 0 Å². The van der Waals surface area contributed by atoms with Crippen LogP contribution >= 0.6 is 11.3 Å². The van der Waals surface area contributed by atoms with E-state index in [9.17, 15) is 4.79 Å². The first kappa shape index (κ1) is 13.3. The number of rotatable bonds is 3. The minimum absolute atomic E-state index is 0.289. The summed E-state index contributed by atoms with van der Waals surface area (Å²) in [6.07, 6.45) is 3.03. The maximum atomic E-state index is 11.7. The minimum Gasteiger partial charge on any atom is -0.461 e. The van der Waals surface area contributed by atoms with Crippen LogP contribution in [-0.2, 0) is 17.6 Å². The van der Waals surface area contributed by atoms with Crippen molar-refractivity contribution in [3.05, 3.63) is 51.5 Å². The van der Waals surface area contributed by atoms with Gasteiger partial charge >= 0.3 is 5.97 Å². The van der Waals surface area contributed by atoms with E-state index in [1.165, 1.54) is 21.8 Å². The molecule has 0 radical (unpaired) electrons. The van der Waals surface area contributed by atoms with E-state index in [0.29, 0.717) is 17.5 Å². The van der Waals surface area contributed by atoms with Crippen LogP contribution in [-0.4, -0.2) is 17.6 Å². The van der Waals surface area contributed by atoms with Crippen LogP contribution in [0.4, 0.5) is 0 Å². The fraction of sp³-hybridized carbons (Fsp3) is 0.375. The lowest BCUT2D eigenvalue weighted by atomic mass is 9.85. The normalized spacial score (nSPS) is 17.6. The second-order valence-corrected chi connectivity index (χ2v) is 6.04. The number of benzene rings is 1. The van der Waals surface area contributed by atoms with Crippen molar-refractivity contribution in [2.75, 3.05) is 6.61 Å². The van der Waals surface area contributed by atoms with E-state index in [4.69, 9.17) is 4.74 Å². The number of nitrogens with zero attached hydrogens (tertiary/aromatic N) is 1. The molecule has 1 aromatic carbocycles. The summed E-state index contributed by atoms with van der Waals surface area (Å²) in [5.74, 6) is 0.252. The first-order chi connectivity index (χ1) is 9.78. The van der Waals surface area contributed by atoms with Gasteiger partial charge in [0.05, 0.1) is 12.3 Å². The van der Waals surface area contributed by atoms with Crippen molar-refractivity contribution in [3.8, 4) is 0 Å². The smallest absolute Gasteiger partial charge is 0.367 e. The molecule has 0 N–H and O–H groups in total. The van der Waals surface area contributed by atoms with Gasteiger partial charge in [-0.15, -0.1) is 11.3 Å². The zero-order valence-electron chi connectivity index (χ0n) is 11.5. The number of esters is 1.